The predicted octanol–water partition coefficient (Wildman–Crippen LogP) is 4.49. The van der Waals surface area contributed by atoms with Gasteiger partial charge in [0.2, 0.25) is 5.95 Å². The molecule has 188 valence electrons. The van der Waals surface area contributed by atoms with E-state index in [4.69, 9.17) is 0 Å². The number of anilines is 1. The van der Waals surface area contributed by atoms with Crippen LogP contribution in [0.25, 0.3) is 22.7 Å². The maximum Gasteiger partial charge on any atom is 0.416 e. The summed E-state index contributed by atoms with van der Waals surface area (Å²) in [4.78, 5) is 32.9. The quantitative estimate of drug-likeness (QED) is 0.373. The van der Waals surface area contributed by atoms with E-state index in [0.29, 0.717) is 11.3 Å². The summed E-state index contributed by atoms with van der Waals surface area (Å²) in [6.07, 6.45) is -3.08. The van der Waals surface area contributed by atoms with E-state index in [-0.39, 0.29) is 22.7 Å². The Hall–Kier alpha value is -4.74. The van der Waals surface area contributed by atoms with Gasteiger partial charge in [0.25, 0.3) is 11.5 Å². The van der Waals surface area contributed by atoms with Crippen molar-refractivity contribution in [3.05, 3.63) is 93.0 Å². The van der Waals surface area contributed by atoms with Crippen molar-refractivity contribution in [2.45, 2.75) is 26.9 Å². The maximum atomic E-state index is 12.9. The molecule has 0 aliphatic rings. The number of alkyl halides is 3. The molecule has 0 unspecified atom stereocenters. The summed E-state index contributed by atoms with van der Waals surface area (Å²) in [5, 5.41) is 11.6. The van der Waals surface area contributed by atoms with Crippen molar-refractivity contribution in [3.8, 4) is 11.6 Å². The lowest BCUT2D eigenvalue weighted by molar-refractivity contribution is -0.137. The molecule has 0 saturated heterocycles. The molecule has 0 bridgehead atoms. The summed E-state index contributed by atoms with van der Waals surface area (Å²) in [5.41, 5.74) is 2.27. The molecule has 1 amide bonds. The van der Waals surface area contributed by atoms with E-state index in [2.05, 4.69) is 25.5 Å². The van der Waals surface area contributed by atoms with Gasteiger partial charge in [0.15, 0.2) is 5.65 Å². The normalized spacial score (nSPS) is 11.7. The van der Waals surface area contributed by atoms with E-state index >= 15 is 0 Å². The van der Waals surface area contributed by atoms with Crippen LogP contribution in [0.1, 0.15) is 32.7 Å². The van der Waals surface area contributed by atoms with Gasteiger partial charge in [0, 0.05) is 11.6 Å². The van der Waals surface area contributed by atoms with Gasteiger partial charge in [-0.15, -0.1) is 0 Å². The van der Waals surface area contributed by atoms with E-state index in [1.807, 2.05) is 32.0 Å². The number of rotatable bonds is 4. The van der Waals surface area contributed by atoms with Gasteiger partial charge in [-0.2, -0.15) is 33.0 Å². The van der Waals surface area contributed by atoms with Gasteiger partial charge >= 0.3 is 6.18 Å². The summed E-state index contributed by atoms with van der Waals surface area (Å²) < 4.78 is 41.4. The Bertz CT molecular complexity index is 1710. The van der Waals surface area contributed by atoms with Crippen LogP contribution >= 0.6 is 0 Å². The fourth-order valence-corrected chi connectivity index (χ4v) is 3.90. The highest BCUT2D eigenvalue weighted by molar-refractivity contribution is 6.04. The van der Waals surface area contributed by atoms with E-state index in [1.165, 1.54) is 10.9 Å². The second kappa shape index (κ2) is 8.73. The Morgan fingerprint density at radius 2 is 1.76 bits per heavy atom. The van der Waals surface area contributed by atoms with Gasteiger partial charge in [-0.05, 0) is 62.2 Å². The number of hydrogen-bond donors (Lipinski definition) is 2. The zero-order valence-corrected chi connectivity index (χ0v) is 19.9. The highest BCUT2D eigenvalue weighted by Gasteiger charge is 2.30. The van der Waals surface area contributed by atoms with Crippen LogP contribution in [0.4, 0.5) is 19.0 Å². The van der Waals surface area contributed by atoms with Crippen molar-refractivity contribution in [2.24, 2.45) is 0 Å². The van der Waals surface area contributed by atoms with Gasteiger partial charge in [-0.3, -0.25) is 14.6 Å². The van der Waals surface area contributed by atoms with Crippen LogP contribution in [0.2, 0.25) is 0 Å². The lowest BCUT2D eigenvalue weighted by atomic mass is 10.1. The van der Waals surface area contributed by atoms with E-state index in [1.54, 1.807) is 17.7 Å². The summed E-state index contributed by atoms with van der Waals surface area (Å²) in [5.74, 6) is -0.457. The first kappa shape index (κ1) is 24.0. The second-order valence-corrected chi connectivity index (χ2v) is 8.51. The maximum absolute atomic E-state index is 12.9. The van der Waals surface area contributed by atoms with Crippen molar-refractivity contribution in [1.82, 2.24) is 29.5 Å². The number of fused-ring (bicyclic) bond motifs is 1. The lowest BCUT2D eigenvalue weighted by Crippen LogP contribution is -2.19. The number of hydrogen-bond acceptors (Lipinski definition) is 5. The Morgan fingerprint density at radius 3 is 2.46 bits per heavy atom. The molecule has 9 nitrogen and oxygen atoms in total. The molecular weight excluding hydrogens is 487 g/mol. The molecular formula is C25H20F3N7O2. The Morgan fingerprint density at radius 1 is 1.03 bits per heavy atom. The van der Waals surface area contributed by atoms with Gasteiger partial charge < -0.3 is 5.32 Å². The summed E-state index contributed by atoms with van der Waals surface area (Å²) >= 11 is 0. The third-order valence-electron chi connectivity index (χ3n) is 5.98. The zero-order chi connectivity index (χ0) is 26.5. The fourth-order valence-electron chi connectivity index (χ4n) is 3.90. The molecule has 0 spiro atoms. The van der Waals surface area contributed by atoms with Gasteiger partial charge in [0.1, 0.15) is 11.2 Å². The monoisotopic (exact) mass is 507 g/mol. The number of amides is 1. The summed E-state index contributed by atoms with van der Waals surface area (Å²) in [6.45, 7) is 5.59. The number of halogens is 3. The molecule has 37 heavy (non-hydrogen) atoms. The highest BCUT2D eigenvalue weighted by atomic mass is 19.4. The first-order valence-corrected chi connectivity index (χ1v) is 11.1. The fraction of sp³-hybridized carbons (Fsp3) is 0.160. The molecule has 0 radical (unpaired) electrons. The van der Waals surface area contributed by atoms with E-state index in [9.17, 15) is 22.8 Å². The Kier molecular flexibility index (Phi) is 5.66. The van der Waals surface area contributed by atoms with Crippen LogP contribution in [0.3, 0.4) is 0 Å². The molecule has 2 aromatic carbocycles. The number of carbonyl (C=O) groups excluding carboxylic acids is 1. The molecule has 3 heterocycles. The number of carbonyl (C=O) groups is 1. The van der Waals surface area contributed by atoms with Crippen molar-refractivity contribution >= 4 is 22.8 Å². The molecule has 0 atom stereocenters. The van der Waals surface area contributed by atoms with Crippen LogP contribution < -0.4 is 10.9 Å². The van der Waals surface area contributed by atoms with Gasteiger partial charge in [-0.25, -0.2) is 4.68 Å². The number of nitrogens with one attached hydrogen (secondary N) is 2. The Labute approximate surface area is 207 Å². The molecule has 3 aromatic heterocycles. The van der Waals surface area contributed by atoms with E-state index < -0.39 is 23.2 Å². The summed E-state index contributed by atoms with van der Waals surface area (Å²) in [7, 11) is 0. The first-order valence-electron chi connectivity index (χ1n) is 11.1. The summed E-state index contributed by atoms with van der Waals surface area (Å²) in [6, 6.07) is 11.1. The SMILES string of the molecule is Cc1cc(NC(=O)c2ccc(C(F)(F)F)cc2)n(-c2nc3c(cnn3-c3cccc(C)c3C)c(=O)[nH]2)n1. The zero-order valence-electron chi connectivity index (χ0n) is 19.9. The third kappa shape index (κ3) is 4.37. The molecule has 2 N–H and O–H groups in total. The number of aromatic nitrogens is 6. The van der Waals surface area contributed by atoms with Crippen molar-refractivity contribution in [3.63, 3.8) is 0 Å². The minimum atomic E-state index is -4.51. The molecule has 12 heteroatoms. The standard InChI is InChI=1S/C25H20F3N7O2/c1-13-5-4-6-19(15(13)3)34-21-18(12-29-34)23(37)32-24(31-21)35-20(11-14(2)33-35)30-22(36)16-7-9-17(10-8-16)25(26,27)28/h4-12H,1-3H3,(H,30,36)(H,31,32,37). The topological polar surface area (TPSA) is 110 Å². The number of aromatic amines is 1. The molecule has 0 saturated carbocycles. The average Bonchev–Trinajstić information content (AvgIpc) is 3.44. The Balaban J connectivity index is 1.54. The predicted molar refractivity (Wildman–Crippen MR) is 130 cm³/mol. The third-order valence-corrected chi connectivity index (χ3v) is 5.98. The highest BCUT2D eigenvalue weighted by Crippen LogP contribution is 2.29. The minimum absolute atomic E-state index is 0.0170. The van der Waals surface area contributed by atoms with Crippen LogP contribution in [-0.4, -0.2) is 35.4 Å². The first-order chi connectivity index (χ1) is 17.5. The van der Waals surface area contributed by atoms with Crippen molar-refractivity contribution < 1.29 is 18.0 Å². The van der Waals surface area contributed by atoms with Gasteiger partial charge in [-0.1, -0.05) is 12.1 Å². The van der Waals surface area contributed by atoms with Crippen LogP contribution in [0.15, 0.2) is 59.5 Å². The lowest BCUT2D eigenvalue weighted by Gasteiger charge is -2.11. The van der Waals surface area contributed by atoms with Crippen molar-refractivity contribution in [2.75, 3.05) is 5.32 Å². The smallest absolute Gasteiger partial charge is 0.306 e. The molecule has 5 rings (SSSR count). The molecule has 0 aliphatic carbocycles. The largest absolute Gasteiger partial charge is 0.416 e. The van der Waals surface area contributed by atoms with Crippen molar-refractivity contribution in [1.29, 1.82) is 0 Å². The molecule has 0 aliphatic heterocycles. The van der Waals surface area contributed by atoms with Gasteiger partial charge in [0.05, 0.1) is 23.1 Å². The van der Waals surface area contributed by atoms with Crippen LogP contribution in [0.5, 0.6) is 0 Å². The van der Waals surface area contributed by atoms with E-state index in [0.717, 1.165) is 41.1 Å². The average molecular weight is 507 g/mol. The van der Waals surface area contributed by atoms with Crippen LogP contribution in [0, 0.1) is 20.8 Å². The molecule has 0 fully saturated rings. The number of benzene rings is 2. The minimum Gasteiger partial charge on any atom is -0.306 e. The van der Waals surface area contributed by atoms with Crippen LogP contribution in [-0.2, 0) is 6.18 Å². The number of H-pyrrole nitrogens is 1. The second-order valence-electron chi connectivity index (χ2n) is 8.51. The number of aryl methyl sites for hydroxylation is 2. The molecule has 5 aromatic rings. The number of nitrogens with zero attached hydrogens (tertiary/aromatic N) is 5.